The van der Waals surface area contributed by atoms with Gasteiger partial charge in [-0.1, -0.05) is 0 Å². The number of anilines is 1. The summed E-state index contributed by atoms with van der Waals surface area (Å²) < 4.78 is 0. The maximum atomic E-state index is 8.84. The Labute approximate surface area is 102 Å². The van der Waals surface area contributed by atoms with Gasteiger partial charge in [-0.15, -0.1) is 0 Å². The van der Waals surface area contributed by atoms with Crippen molar-refractivity contribution in [2.45, 2.75) is 19.4 Å². The molecule has 2 heterocycles. The lowest BCUT2D eigenvalue weighted by Crippen LogP contribution is -2.58. The zero-order valence-corrected chi connectivity index (χ0v) is 10.5. The van der Waals surface area contributed by atoms with Crippen molar-refractivity contribution in [1.82, 2.24) is 14.9 Å². The number of nitrogens with zero attached hydrogens (tertiary/aromatic N) is 5. The fourth-order valence-electron chi connectivity index (χ4n) is 1.97. The van der Waals surface area contributed by atoms with Crippen LogP contribution in [0.15, 0.2) is 12.3 Å². The van der Waals surface area contributed by atoms with Crippen molar-refractivity contribution >= 4 is 5.95 Å². The van der Waals surface area contributed by atoms with Gasteiger partial charge in [0.1, 0.15) is 11.8 Å². The molecule has 5 nitrogen and oxygen atoms in total. The predicted molar refractivity (Wildman–Crippen MR) is 65.7 cm³/mol. The van der Waals surface area contributed by atoms with Crippen molar-refractivity contribution < 1.29 is 0 Å². The molecule has 0 spiro atoms. The Morgan fingerprint density at radius 2 is 2.18 bits per heavy atom. The average Bonchev–Trinajstić information content (AvgIpc) is 2.32. The minimum absolute atomic E-state index is 0.101. The normalized spacial score (nSPS) is 20.0. The summed E-state index contributed by atoms with van der Waals surface area (Å²) in [6.45, 7) is 7.15. The molecular formula is C12H17N5. The van der Waals surface area contributed by atoms with E-state index in [1.165, 1.54) is 0 Å². The van der Waals surface area contributed by atoms with Gasteiger partial charge in [-0.05, 0) is 27.0 Å². The molecule has 1 aromatic heterocycles. The van der Waals surface area contributed by atoms with Crippen LogP contribution < -0.4 is 4.90 Å². The van der Waals surface area contributed by atoms with Crippen LogP contribution in [-0.4, -0.2) is 47.1 Å². The van der Waals surface area contributed by atoms with E-state index in [4.69, 9.17) is 5.26 Å². The first-order valence-corrected chi connectivity index (χ1v) is 5.72. The highest BCUT2D eigenvalue weighted by Crippen LogP contribution is 2.21. The Morgan fingerprint density at radius 1 is 1.41 bits per heavy atom. The number of piperazine rings is 1. The lowest BCUT2D eigenvalue weighted by atomic mass is 10.0. The van der Waals surface area contributed by atoms with E-state index >= 15 is 0 Å². The first-order chi connectivity index (χ1) is 8.03. The van der Waals surface area contributed by atoms with Crippen LogP contribution in [0.5, 0.6) is 0 Å². The highest BCUT2D eigenvalue weighted by molar-refractivity contribution is 5.35. The summed E-state index contributed by atoms with van der Waals surface area (Å²) in [7, 11) is 2.13. The largest absolute Gasteiger partial charge is 0.338 e. The zero-order chi connectivity index (χ0) is 12.5. The van der Waals surface area contributed by atoms with Crippen LogP contribution in [0, 0.1) is 11.3 Å². The third-order valence-corrected chi connectivity index (χ3v) is 3.36. The van der Waals surface area contributed by atoms with Crippen LogP contribution in [0.25, 0.3) is 0 Å². The molecule has 0 radical (unpaired) electrons. The highest BCUT2D eigenvalue weighted by Gasteiger charge is 2.32. The molecule has 1 aliphatic rings. The second-order valence-electron chi connectivity index (χ2n) is 5.01. The topological polar surface area (TPSA) is 56.0 Å². The van der Waals surface area contributed by atoms with Gasteiger partial charge in [-0.2, -0.15) is 5.26 Å². The minimum Gasteiger partial charge on any atom is -0.338 e. The van der Waals surface area contributed by atoms with Crippen molar-refractivity contribution in [3.8, 4) is 6.07 Å². The van der Waals surface area contributed by atoms with E-state index < -0.39 is 0 Å². The molecule has 0 unspecified atom stereocenters. The molecule has 0 amide bonds. The van der Waals surface area contributed by atoms with Gasteiger partial charge in [0, 0.05) is 31.4 Å². The van der Waals surface area contributed by atoms with Crippen molar-refractivity contribution in [2.75, 3.05) is 31.6 Å². The van der Waals surface area contributed by atoms with Gasteiger partial charge in [0.15, 0.2) is 0 Å². The Hall–Kier alpha value is -1.67. The number of likely N-dealkylation sites (N-methyl/N-ethyl adjacent to an activating group) is 1. The van der Waals surface area contributed by atoms with Gasteiger partial charge >= 0.3 is 0 Å². The van der Waals surface area contributed by atoms with E-state index in [2.05, 4.69) is 40.7 Å². The third-order valence-electron chi connectivity index (χ3n) is 3.36. The molecule has 0 N–H and O–H groups in total. The van der Waals surface area contributed by atoms with E-state index in [0.717, 1.165) is 19.6 Å². The molecule has 90 valence electrons. The standard InChI is InChI=1S/C12H17N5/c1-12(2)9-17(7-6-16(12)3)11-14-5-4-10(8-13)15-11/h4-5H,6-7,9H2,1-3H3. The summed E-state index contributed by atoms with van der Waals surface area (Å²) in [5.41, 5.74) is 0.524. The minimum atomic E-state index is 0.101. The van der Waals surface area contributed by atoms with E-state index in [1.54, 1.807) is 12.3 Å². The van der Waals surface area contributed by atoms with E-state index in [1.807, 2.05) is 6.07 Å². The van der Waals surface area contributed by atoms with Crippen LogP contribution in [0.4, 0.5) is 5.95 Å². The molecule has 1 aromatic rings. The van der Waals surface area contributed by atoms with Gasteiger partial charge in [0.05, 0.1) is 0 Å². The fourth-order valence-corrected chi connectivity index (χ4v) is 1.97. The third kappa shape index (κ3) is 2.37. The number of hydrogen-bond donors (Lipinski definition) is 0. The SMILES string of the molecule is CN1CCN(c2nccc(C#N)n2)CC1(C)C. The Bertz CT molecular complexity index is 448. The number of aromatic nitrogens is 2. The van der Waals surface area contributed by atoms with Gasteiger partial charge in [-0.3, -0.25) is 4.90 Å². The Kier molecular flexibility index (Phi) is 2.99. The van der Waals surface area contributed by atoms with E-state index in [9.17, 15) is 0 Å². The molecule has 0 saturated carbocycles. The second-order valence-corrected chi connectivity index (χ2v) is 5.01. The quantitative estimate of drug-likeness (QED) is 0.718. The van der Waals surface area contributed by atoms with Crippen LogP contribution in [0.1, 0.15) is 19.5 Å². The maximum Gasteiger partial charge on any atom is 0.226 e. The van der Waals surface area contributed by atoms with Gasteiger partial charge < -0.3 is 4.90 Å². The summed E-state index contributed by atoms with van der Waals surface area (Å²) in [4.78, 5) is 13.0. The lowest BCUT2D eigenvalue weighted by Gasteiger charge is -2.45. The van der Waals surface area contributed by atoms with Crippen LogP contribution in [0.3, 0.4) is 0 Å². The molecule has 1 saturated heterocycles. The zero-order valence-electron chi connectivity index (χ0n) is 10.5. The van der Waals surface area contributed by atoms with Crippen LogP contribution >= 0.6 is 0 Å². The first kappa shape index (κ1) is 11.8. The van der Waals surface area contributed by atoms with Gasteiger partial charge in [0.25, 0.3) is 0 Å². The lowest BCUT2D eigenvalue weighted by molar-refractivity contribution is 0.138. The molecule has 1 fully saturated rings. The smallest absolute Gasteiger partial charge is 0.226 e. The van der Waals surface area contributed by atoms with Crippen LogP contribution in [0.2, 0.25) is 0 Å². The maximum absolute atomic E-state index is 8.84. The fraction of sp³-hybridized carbons (Fsp3) is 0.583. The van der Waals surface area contributed by atoms with Crippen molar-refractivity contribution in [3.05, 3.63) is 18.0 Å². The summed E-state index contributed by atoms with van der Waals surface area (Å²) >= 11 is 0. The van der Waals surface area contributed by atoms with Crippen molar-refractivity contribution in [1.29, 1.82) is 5.26 Å². The first-order valence-electron chi connectivity index (χ1n) is 5.72. The second kappa shape index (κ2) is 4.30. The number of rotatable bonds is 1. The van der Waals surface area contributed by atoms with Crippen molar-refractivity contribution in [2.24, 2.45) is 0 Å². The Morgan fingerprint density at radius 3 is 2.82 bits per heavy atom. The monoisotopic (exact) mass is 231 g/mol. The molecule has 0 aliphatic carbocycles. The summed E-state index contributed by atoms with van der Waals surface area (Å²) in [6, 6.07) is 3.68. The molecule has 0 aromatic carbocycles. The highest BCUT2D eigenvalue weighted by atomic mass is 15.3. The van der Waals surface area contributed by atoms with Crippen LogP contribution in [-0.2, 0) is 0 Å². The van der Waals surface area contributed by atoms with Gasteiger partial charge in [-0.25, -0.2) is 9.97 Å². The summed E-state index contributed by atoms with van der Waals surface area (Å²) in [5, 5.41) is 8.84. The molecule has 2 rings (SSSR count). The molecule has 1 aliphatic heterocycles. The molecule has 5 heteroatoms. The van der Waals surface area contributed by atoms with E-state index in [0.29, 0.717) is 11.6 Å². The molecule has 0 bridgehead atoms. The molecular weight excluding hydrogens is 214 g/mol. The van der Waals surface area contributed by atoms with E-state index in [-0.39, 0.29) is 5.54 Å². The van der Waals surface area contributed by atoms with Gasteiger partial charge in [0.2, 0.25) is 5.95 Å². The number of nitriles is 1. The summed E-state index contributed by atoms with van der Waals surface area (Å²) in [5.74, 6) is 0.658. The summed E-state index contributed by atoms with van der Waals surface area (Å²) in [6.07, 6.45) is 1.65. The Balaban J connectivity index is 2.21. The predicted octanol–water partition coefficient (Wildman–Crippen LogP) is 0.879. The number of hydrogen-bond acceptors (Lipinski definition) is 5. The average molecular weight is 231 g/mol. The molecule has 17 heavy (non-hydrogen) atoms. The van der Waals surface area contributed by atoms with Crippen molar-refractivity contribution in [3.63, 3.8) is 0 Å². The molecule has 0 atom stereocenters.